The van der Waals surface area contributed by atoms with Crippen LogP contribution in [0.2, 0.25) is 0 Å². The van der Waals surface area contributed by atoms with E-state index in [-0.39, 0.29) is 5.54 Å². The molecular weight excluding hydrogens is 262 g/mol. The van der Waals surface area contributed by atoms with E-state index >= 15 is 0 Å². The second-order valence-electron chi connectivity index (χ2n) is 5.96. The van der Waals surface area contributed by atoms with Crippen LogP contribution >= 0.6 is 0 Å². The normalized spacial score (nSPS) is 19.5. The lowest BCUT2D eigenvalue weighted by Gasteiger charge is -2.39. The van der Waals surface area contributed by atoms with Gasteiger partial charge >= 0.3 is 0 Å². The number of nitrogens with two attached hydrogens (primary N) is 1. The van der Waals surface area contributed by atoms with Crippen LogP contribution in [0, 0.1) is 5.92 Å². The van der Waals surface area contributed by atoms with Crippen LogP contribution in [0.4, 0.5) is 0 Å². The van der Waals surface area contributed by atoms with Gasteiger partial charge in [0.1, 0.15) is 0 Å². The minimum atomic E-state index is -3.43. The van der Waals surface area contributed by atoms with Gasteiger partial charge in [-0.1, -0.05) is 33.6 Å². The van der Waals surface area contributed by atoms with Gasteiger partial charge in [-0.25, -0.2) is 4.72 Å². The van der Waals surface area contributed by atoms with Gasteiger partial charge in [0, 0.05) is 25.2 Å². The molecule has 0 radical (unpaired) electrons. The first-order valence-electron chi connectivity index (χ1n) is 7.35. The van der Waals surface area contributed by atoms with Crippen molar-refractivity contribution < 1.29 is 8.42 Å². The summed E-state index contributed by atoms with van der Waals surface area (Å²) in [6.45, 7) is 7.44. The average molecular weight is 291 g/mol. The molecule has 1 rings (SSSR count). The van der Waals surface area contributed by atoms with Crippen molar-refractivity contribution in [3.8, 4) is 0 Å². The molecule has 0 heterocycles. The van der Waals surface area contributed by atoms with Crippen molar-refractivity contribution in [1.29, 1.82) is 0 Å². The first-order valence-corrected chi connectivity index (χ1v) is 8.79. The van der Waals surface area contributed by atoms with Gasteiger partial charge in [-0.15, -0.1) is 0 Å². The summed E-state index contributed by atoms with van der Waals surface area (Å²) in [5.74, 6) is 0.302. The molecule has 19 heavy (non-hydrogen) atoms. The summed E-state index contributed by atoms with van der Waals surface area (Å²) in [5.41, 5.74) is 5.56. The Kier molecular flexibility index (Phi) is 6.23. The second kappa shape index (κ2) is 7.02. The van der Waals surface area contributed by atoms with E-state index in [9.17, 15) is 8.42 Å². The molecule has 0 aromatic heterocycles. The van der Waals surface area contributed by atoms with Crippen molar-refractivity contribution in [2.24, 2.45) is 11.7 Å². The van der Waals surface area contributed by atoms with Crippen LogP contribution in [-0.4, -0.2) is 37.9 Å². The molecule has 3 N–H and O–H groups in total. The van der Waals surface area contributed by atoms with E-state index in [2.05, 4.69) is 4.72 Å². The van der Waals surface area contributed by atoms with Crippen LogP contribution in [0.3, 0.4) is 0 Å². The Bertz CT molecular complexity index is 362. The molecular formula is C13H29N3O2S. The molecule has 1 aliphatic carbocycles. The van der Waals surface area contributed by atoms with E-state index in [1.165, 1.54) is 0 Å². The summed E-state index contributed by atoms with van der Waals surface area (Å²) in [5, 5.41) is 0. The third kappa shape index (κ3) is 4.15. The van der Waals surface area contributed by atoms with Gasteiger partial charge in [0.05, 0.1) is 0 Å². The van der Waals surface area contributed by atoms with Crippen molar-refractivity contribution >= 4 is 10.2 Å². The number of nitrogens with one attached hydrogen (secondary N) is 1. The van der Waals surface area contributed by atoms with Gasteiger partial charge in [0.25, 0.3) is 10.2 Å². The summed E-state index contributed by atoms with van der Waals surface area (Å²) >= 11 is 0. The maximum absolute atomic E-state index is 12.5. The van der Waals surface area contributed by atoms with E-state index < -0.39 is 10.2 Å². The van der Waals surface area contributed by atoms with Crippen LogP contribution in [-0.2, 0) is 10.2 Å². The highest BCUT2D eigenvalue weighted by molar-refractivity contribution is 7.87. The molecule has 1 aliphatic rings. The highest BCUT2D eigenvalue weighted by Gasteiger charge is 2.43. The Morgan fingerprint density at radius 2 is 1.89 bits per heavy atom. The quantitative estimate of drug-likeness (QED) is 0.711. The molecule has 0 saturated heterocycles. The van der Waals surface area contributed by atoms with Crippen molar-refractivity contribution in [3.05, 3.63) is 0 Å². The van der Waals surface area contributed by atoms with Gasteiger partial charge in [0.15, 0.2) is 0 Å². The Balaban J connectivity index is 2.92. The first kappa shape index (κ1) is 16.9. The zero-order valence-corrected chi connectivity index (χ0v) is 13.3. The molecule has 0 spiro atoms. The van der Waals surface area contributed by atoms with Crippen LogP contribution in [0.25, 0.3) is 0 Å². The molecule has 5 nitrogen and oxygen atoms in total. The molecule has 0 unspecified atom stereocenters. The Labute approximate surface area is 118 Å². The SMILES string of the molecule is CCCN(C1(CN)CCCC1)S(=O)(=O)NCC(C)C. The Morgan fingerprint density at radius 1 is 1.32 bits per heavy atom. The smallest absolute Gasteiger partial charge is 0.280 e. The zero-order valence-electron chi connectivity index (χ0n) is 12.5. The molecule has 0 aliphatic heterocycles. The summed E-state index contributed by atoms with van der Waals surface area (Å²) in [4.78, 5) is 0. The standard InChI is InChI=1S/C13H29N3O2S/c1-4-9-16(13(11-14)7-5-6-8-13)19(17,18)15-10-12(2)3/h12,15H,4-11,14H2,1-3H3. The lowest BCUT2D eigenvalue weighted by Crippen LogP contribution is -2.58. The number of rotatable bonds is 8. The molecule has 0 aromatic rings. The molecule has 6 heteroatoms. The van der Waals surface area contributed by atoms with Crippen molar-refractivity contribution in [1.82, 2.24) is 9.03 Å². The van der Waals surface area contributed by atoms with Gasteiger partial charge in [-0.3, -0.25) is 0 Å². The molecule has 0 aromatic carbocycles. The van der Waals surface area contributed by atoms with Crippen LogP contribution in [0.1, 0.15) is 52.9 Å². The zero-order chi connectivity index (χ0) is 14.5. The van der Waals surface area contributed by atoms with Crippen LogP contribution in [0.15, 0.2) is 0 Å². The monoisotopic (exact) mass is 291 g/mol. The van der Waals surface area contributed by atoms with Gasteiger partial charge in [0.2, 0.25) is 0 Å². The van der Waals surface area contributed by atoms with Crippen molar-refractivity contribution in [3.63, 3.8) is 0 Å². The highest BCUT2D eigenvalue weighted by atomic mass is 32.2. The van der Waals surface area contributed by atoms with E-state index in [0.717, 1.165) is 32.1 Å². The molecule has 0 bridgehead atoms. The van der Waals surface area contributed by atoms with E-state index in [4.69, 9.17) is 5.73 Å². The minimum Gasteiger partial charge on any atom is -0.329 e. The maximum Gasteiger partial charge on any atom is 0.280 e. The minimum absolute atomic E-state index is 0.302. The Morgan fingerprint density at radius 3 is 2.32 bits per heavy atom. The molecule has 0 atom stereocenters. The van der Waals surface area contributed by atoms with Crippen LogP contribution in [0.5, 0.6) is 0 Å². The Hall–Kier alpha value is -0.170. The van der Waals surface area contributed by atoms with Crippen molar-refractivity contribution in [2.45, 2.75) is 58.4 Å². The molecule has 1 saturated carbocycles. The number of hydrogen-bond acceptors (Lipinski definition) is 3. The fraction of sp³-hybridized carbons (Fsp3) is 1.00. The molecule has 1 fully saturated rings. The lowest BCUT2D eigenvalue weighted by atomic mass is 9.98. The summed E-state index contributed by atoms with van der Waals surface area (Å²) in [6.07, 6.45) is 4.71. The van der Waals surface area contributed by atoms with Gasteiger partial charge < -0.3 is 5.73 Å². The number of hydrogen-bond donors (Lipinski definition) is 2. The average Bonchev–Trinajstić information content (AvgIpc) is 2.83. The van der Waals surface area contributed by atoms with Gasteiger partial charge in [-0.05, 0) is 25.2 Å². The van der Waals surface area contributed by atoms with E-state index in [1.54, 1.807) is 4.31 Å². The third-order valence-electron chi connectivity index (χ3n) is 3.83. The van der Waals surface area contributed by atoms with Crippen molar-refractivity contribution in [2.75, 3.05) is 19.6 Å². The number of nitrogens with zero attached hydrogens (tertiary/aromatic N) is 1. The highest BCUT2D eigenvalue weighted by Crippen LogP contribution is 2.36. The third-order valence-corrected chi connectivity index (χ3v) is 5.52. The fourth-order valence-corrected chi connectivity index (χ4v) is 4.64. The topological polar surface area (TPSA) is 75.4 Å². The maximum atomic E-state index is 12.5. The summed E-state index contributed by atoms with van der Waals surface area (Å²) < 4.78 is 29.4. The fourth-order valence-electron chi connectivity index (χ4n) is 2.75. The predicted octanol–water partition coefficient (Wildman–Crippen LogP) is 1.46. The summed E-state index contributed by atoms with van der Waals surface area (Å²) in [6, 6.07) is 0. The van der Waals surface area contributed by atoms with E-state index in [1.807, 2.05) is 20.8 Å². The van der Waals surface area contributed by atoms with Crippen LogP contribution < -0.4 is 10.5 Å². The van der Waals surface area contributed by atoms with Gasteiger partial charge in [-0.2, -0.15) is 12.7 Å². The molecule has 0 amide bonds. The van der Waals surface area contributed by atoms with E-state index in [0.29, 0.717) is 25.6 Å². The second-order valence-corrected chi connectivity index (χ2v) is 7.63. The largest absolute Gasteiger partial charge is 0.329 e. The summed E-state index contributed by atoms with van der Waals surface area (Å²) in [7, 11) is -3.43. The molecule has 114 valence electrons. The first-order chi connectivity index (χ1) is 8.88. The lowest BCUT2D eigenvalue weighted by molar-refractivity contribution is 0.194. The predicted molar refractivity (Wildman–Crippen MR) is 79.0 cm³/mol.